The highest BCUT2D eigenvalue weighted by atomic mass is 19.1. The van der Waals surface area contributed by atoms with Crippen molar-refractivity contribution < 1.29 is 4.39 Å². The van der Waals surface area contributed by atoms with Crippen LogP contribution in [0.15, 0.2) is 60.9 Å². The van der Waals surface area contributed by atoms with Gasteiger partial charge in [-0.2, -0.15) is 0 Å². The molecular formula is C21H18FN3. The van der Waals surface area contributed by atoms with Gasteiger partial charge < -0.3 is 4.90 Å². The molecule has 1 saturated carbocycles. The minimum Gasteiger partial charge on any atom is -0.309 e. The molecule has 2 aromatic carbocycles. The van der Waals surface area contributed by atoms with Crippen molar-refractivity contribution >= 4 is 11.6 Å². The van der Waals surface area contributed by atoms with Gasteiger partial charge in [0.15, 0.2) is 0 Å². The Balaban J connectivity index is 1.52. The molecule has 2 heterocycles. The molecule has 0 unspecified atom stereocenters. The van der Waals surface area contributed by atoms with Crippen molar-refractivity contribution in [2.24, 2.45) is 0 Å². The van der Waals surface area contributed by atoms with Crippen LogP contribution in [-0.2, 0) is 5.41 Å². The molecule has 1 fully saturated rings. The van der Waals surface area contributed by atoms with Crippen LogP contribution < -0.4 is 4.90 Å². The van der Waals surface area contributed by atoms with E-state index in [1.54, 1.807) is 24.5 Å². The molecule has 0 radical (unpaired) electrons. The number of hydrogen-bond donors (Lipinski definition) is 0. The number of halogens is 1. The minimum absolute atomic E-state index is 0.251. The van der Waals surface area contributed by atoms with E-state index < -0.39 is 0 Å². The van der Waals surface area contributed by atoms with Crippen molar-refractivity contribution in [1.82, 2.24) is 9.97 Å². The van der Waals surface area contributed by atoms with E-state index in [2.05, 4.69) is 39.1 Å². The second kappa shape index (κ2) is 5.38. The molecule has 0 N–H and O–H groups in total. The van der Waals surface area contributed by atoms with E-state index in [1.165, 1.54) is 36.6 Å². The SMILES string of the molecule is Fc1ccccc1-c1cnc(N2CC3(CCC3)c3ccccc32)nc1. The summed E-state index contributed by atoms with van der Waals surface area (Å²) in [5, 5.41) is 0. The Morgan fingerprint density at radius 2 is 1.64 bits per heavy atom. The van der Waals surface area contributed by atoms with Gasteiger partial charge in [-0.1, -0.05) is 42.8 Å². The van der Waals surface area contributed by atoms with Crippen LogP contribution in [-0.4, -0.2) is 16.5 Å². The zero-order valence-corrected chi connectivity index (χ0v) is 13.8. The summed E-state index contributed by atoms with van der Waals surface area (Å²) >= 11 is 0. The molecule has 0 atom stereocenters. The Kier molecular flexibility index (Phi) is 3.14. The van der Waals surface area contributed by atoms with Gasteiger partial charge >= 0.3 is 0 Å². The van der Waals surface area contributed by atoms with Gasteiger partial charge in [-0.05, 0) is 30.5 Å². The Bertz CT molecular complexity index is 932. The Morgan fingerprint density at radius 1 is 0.920 bits per heavy atom. The average molecular weight is 331 g/mol. The quantitative estimate of drug-likeness (QED) is 0.672. The number of anilines is 2. The van der Waals surface area contributed by atoms with Gasteiger partial charge in [0.25, 0.3) is 0 Å². The summed E-state index contributed by atoms with van der Waals surface area (Å²) in [6.07, 6.45) is 7.18. The maximum atomic E-state index is 14.0. The van der Waals surface area contributed by atoms with E-state index in [1.807, 2.05) is 6.07 Å². The van der Waals surface area contributed by atoms with Crippen molar-refractivity contribution in [2.75, 3.05) is 11.4 Å². The number of rotatable bonds is 2. The maximum absolute atomic E-state index is 14.0. The average Bonchev–Trinajstić information content (AvgIpc) is 2.98. The van der Waals surface area contributed by atoms with Crippen LogP contribution in [0, 0.1) is 5.82 Å². The highest BCUT2D eigenvalue weighted by Crippen LogP contribution is 2.53. The van der Waals surface area contributed by atoms with E-state index in [0.29, 0.717) is 17.1 Å². The molecule has 25 heavy (non-hydrogen) atoms. The first kappa shape index (κ1) is 14.6. The third-order valence-corrected chi connectivity index (χ3v) is 5.60. The standard InChI is InChI=1S/C21H18FN3/c22-18-8-3-1-6-16(18)15-12-23-20(24-13-15)25-14-21(10-5-11-21)17-7-2-4-9-19(17)25/h1-4,6-9,12-13H,5,10-11,14H2. The van der Waals surface area contributed by atoms with E-state index >= 15 is 0 Å². The van der Waals surface area contributed by atoms with Crippen LogP contribution >= 0.6 is 0 Å². The topological polar surface area (TPSA) is 29.0 Å². The first-order valence-electron chi connectivity index (χ1n) is 8.71. The molecule has 2 aliphatic rings. The number of aromatic nitrogens is 2. The van der Waals surface area contributed by atoms with Crippen molar-refractivity contribution in [3.8, 4) is 11.1 Å². The second-order valence-electron chi connectivity index (χ2n) is 6.99. The summed E-state index contributed by atoms with van der Waals surface area (Å²) in [5.41, 5.74) is 4.13. The molecule has 1 aliphatic heterocycles. The molecule has 1 aliphatic carbocycles. The monoisotopic (exact) mass is 331 g/mol. The smallest absolute Gasteiger partial charge is 0.229 e. The molecule has 3 aromatic rings. The summed E-state index contributed by atoms with van der Waals surface area (Å²) in [7, 11) is 0. The third-order valence-electron chi connectivity index (χ3n) is 5.60. The zero-order valence-electron chi connectivity index (χ0n) is 13.8. The molecule has 5 rings (SSSR count). The zero-order chi connectivity index (χ0) is 16.9. The first-order chi connectivity index (χ1) is 12.3. The predicted octanol–water partition coefficient (Wildman–Crippen LogP) is 4.86. The Labute approximate surface area is 146 Å². The number of fused-ring (bicyclic) bond motifs is 2. The summed E-state index contributed by atoms with van der Waals surface area (Å²) in [4.78, 5) is 11.3. The van der Waals surface area contributed by atoms with Crippen molar-refractivity contribution in [3.63, 3.8) is 0 Å². The van der Waals surface area contributed by atoms with Crippen LogP contribution in [0.3, 0.4) is 0 Å². The molecule has 0 saturated heterocycles. The van der Waals surface area contributed by atoms with E-state index in [4.69, 9.17) is 0 Å². The highest BCUT2D eigenvalue weighted by molar-refractivity contribution is 5.71. The third kappa shape index (κ3) is 2.17. The van der Waals surface area contributed by atoms with E-state index in [-0.39, 0.29) is 11.2 Å². The molecular weight excluding hydrogens is 313 g/mol. The van der Waals surface area contributed by atoms with Crippen LogP contribution in [0.1, 0.15) is 24.8 Å². The Morgan fingerprint density at radius 3 is 2.36 bits per heavy atom. The lowest BCUT2D eigenvalue weighted by Crippen LogP contribution is -2.38. The van der Waals surface area contributed by atoms with E-state index in [0.717, 1.165) is 6.54 Å². The molecule has 4 heteroatoms. The van der Waals surface area contributed by atoms with Crippen molar-refractivity contribution in [3.05, 3.63) is 72.3 Å². The first-order valence-corrected chi connectivity index (χ1v) is 8.71. The number of benzene rings is 2. The van der Waals surface area contributed by atoms with Crippen molar-refractivity contribution in [2.45, 2.75) is 24.7 Å². The summed E-state index contributed by atoms with van der Waals surface area (Å²) in [6.45, 7) is 0.936. The van der Waals surface area contributed by atoms with Crippen molar-refractivity contribution in [1.29, 1.82) is 0 Å². The van der Waals surface area contributed by atoms with Gasteiger partial charge in [0.1, 0.15) is 5.82 Å². The maximum Gasteiger partial charge on any atom is 0.229 e. The molecule has 0 bridgehead atoms. The van der Waals surface area contributed by atoms with Gasteiger partial charge in [-0.3, -0.25) is 0 Å². The number of hydrogen-bond acceptors (Lipinski definition) is 3. The highest BCUT2D eigenvalue weighted by Gasteiger charge is 2.47. The van der Waals surface area contributed by atoms with Gasteiger partial charge in [-0.15, -0.1) is 0 Å². The number of nitrogens with zero attached hydrogens (tertiary/aromatic N) is 3. The second-order valence-corrected chi connectivity index (χ2v) is 6.99. The molecule has 124 valence electrons. The lowest BCUT2D eigenvalue weighted by Gasteiger charge is -2.38. The van der Waals surface area contributed by atoms with E-state index in [9.17, 15) is 4.39 Å². The summed E-state index contributed by atoms with van der Waals surface area (Å²) < 4.78 is 14.0. The van der Waals surface area contributed by atoms with Crippen LogP contribution in [0.4, 0.5) is 16.0 Å². The fraction of sp³-hybridized carbons (Fsp3) is 0.238. The summed E-state index contributed by atoms with van der Waals surface area (Å²) in [5.74, 6) is 0.440. The van der Waals surface area contributed by atoms with Crippen LogP contribution in [0.2, 0.25) is 0 Å². The lowest BCUT2D eigenvalue weighted by atomic mass is 9.66. The minimum atomic E-state index is -0.251. The predicted molar refractivity (Wildman–Crippen MR) is 96.4 cm³/mol. The largest absolute Gasteiger partial charge is 0.309 e. The molecule has 1 spiro atoms. The van der Waals surface area contributed by atoms with Gasteiger partial charge in [-0.25, -0.2) is 14.4 Å². The van der Waals surface area contributed by atoms with Crippen LogP contribution in [0.5, 0.6) is 0 Å². The van der Waals surface area contributed by atoms with Crippen LogP contribution in [0.25, 0.3) is 11.1 Å². The number of para-hydroxylation sites is 1. The molecule has 0 amide bonds. The van der Waals surface area contributed by atoms with Gasteiger partial charge in [0.2, 0.25) is 5.95 Å². The molecule has 3 nitrogen and oxygen atoms in total. The fourth-order valence-electron chi connectivity index (χ4n) is 4.13. The van der Waals surface area contributed by atoms with Gasteiger partial charge in [0.05, 0.1) is 0 Å². The fourth-order valence-corrected chi connectivity index (χ4v) is 4.13. The normalized spacial score (nSPS) is 17.4. The van der Waals surface area contributed by atoms with Gasteiger partial charge in [0, 0.05) is 41.2 Å². The summed E-state index contributed by atoms with van der Waals surface area (Å²) in [6, 6.07) is 15.3. The Hall–Kier alpha value is -2.75. The lowest BCUT2D eigenvalue weighted by molar-refractivity contribution is 0.266. The molecule has 1 aromatic heterocycles.